The Balaban J connectivity index is 2.21. The van der Waals surface area contributed by atoms with Crippen molar-refractivity contribution in [2.24, 2.45) is 0 Å². The third kappa shape index (κ3) is 3.28. The molecule has 1 aromatic carbocycles. The van der Waals surface area contributed by atoms with Crippen molar-refractivity contribution in [3.8, 4) is 22.5 Å². The topological polar surface area (TPSA) is 93.3 Å². The van der Waals surface area contributed by atoms with E-state index < -0.39 is 27.5 Å². The predicted octanol–water partition coefficient (Wildman–Crippen LogP) is 3.57. The minimum atomic E-state index is -4.70. The highest BCUT2D eigenvalue weighted by Gasteiger charge is 2.23. The van der Waals surface area contributed by atoms with Crippen molar-refractivity contribution < 1.29 is 26.3 Å². The smallest absolute Gasteiger partial charge is 0.297 e. The third-order valence-electron chi connectivity index (χ3n) is 3.51. The van der Waals surface area contributed by atoms with Gasteiger partial charge >= 0.3 is 0 Å². The van der Waals surface area contributed by atoms with E-state index in [0.717, 1.165) is 12.1 Å². The molecule has 3 aromatic rings. The molecule has 0 amide bonds. The summed E-state index contributed by atoms with van der Waals surface area (Å²) in [4.78, 5) is 3.41. The molecular weight excluding hydrogens is 354 g/mol. The number of benzene rings is 1. The van der Waals surface area contributed by atoms with Gasteiger partial charge in [-0.15, -0.1) is 0 Å². The number of alkyl halides is 1. The fourth-order valence-corrected chi connectivity index (χ4v) is 2.97. The lowest BCUT2D eigenvalue weighted by Crippen LogP contribution is -2.01. The van der Waals surface area contributed by atoms with Gasteiger partial charge in [0.25, 0.3) is 10.1 Å². The molecule has 0 atom stereocenters. The summed E-state index contributed by atoms with van der Waals surface area (Å²) < 4.78 is 63.5. The molecule has 0 spiro atoms. The molecule has 0 saturated heterocycles. The summed E-state index contributed by atoms with van der Waals surface area (Å²) in [5, 5.41) is 3.81. The molecule has 6 nitrogen and oxygen atoms in total. The molecule has 0 aliphatic rings. The van der Waals surface area contributed by atoms with E-state index in [1.165, 1.54) is 6.07 Å². The number of hydrogen-bond donors (Lipinski definition) is 1. The van der Waals surface area contributed by atoms with Gasteiger partial charge in [-0.05, 0) is 36.8 Å². The summed E-state index contributed by atoms with van der Waals surface area (Å²) in [6.07, 6.45) is 0. The average molecular weight is 366 g/mol. The Hall–Kier alpha value is -2.65. The number of pyridine rings is 1. The van der Waals surface area contributed by atoms with Gasteiger partial charge in [0.05, 0.1) is 11.3 Å². The van der Waals surface area contributed by atoms with Gasteiger partial charge in [0, 0.05) is 5.69 Å². The standard InChI is InChI=1S/C16H12F2N2O4S/c1-9-3-2-4-12(19-9)16-15(13(8-17)24-20-16)10-5-6-14(11(18)7-10)25(21,22)23/h2-7H,8H2,1H3,(H,21,22,23). The van der Waals surface area contributed by atoms with Crippen LogP contribution in [0, 0.1) is 12.7 Å². The van der Waals surface area contributed by atoms with Crippen molar-refractivity contribution in [1.82, 2.24) is 10.1 Å². The maximum atomic E-state index is 14.1. The molecular formula is C16H12F2N2O4S. The molecule has 0 aliphatic heterocycles. The van der Waals surface area contributed by atoms with Crippen LogP contribution < -0.4 is 0 Å². The Labute approximate surface area is 141 Å². The van der Waals surface area contributed by atoms with Crippen LogP contribution in [0.25, 0.3) is 22.5 Å². The highest BCUT2D eigenvalue weighted by atomic mass is 32.2. The molecule has 3 rings (SSSR count). The molecule has 130 valence electrons. The summed E-state index contributed by atoms with van der Waals surface area (Å²) in [7, 11) is -4.70. The Kier molecular flexibility index (Phi) is 4.36. The lowest BCUT2D eigenvalue weighted by atomic mass is 10.0. The van der Waals surface area contributed by atoms with Crippen molar-refractivity contribution in [3.63, 3.8) is 0 Å². The van der Waals surface area contributed by atoms with Crippen LogP contribution in [0.3, 0.4) is 0 Å². The van der Waals surface area contributed by atoms with E-state index in [-0.39, 0.29) is 22.6 Å². The SMILES string of the molecule is Cc1cccc(-c2noc(CF)c2-c2ccc(S(=O)(=O)O)c(F)c2)n1. The maximum absolute atomic E-state index is 14.1. The summed E-state index contributed by atoms with van der Waals surface area (Å²) in [6, 6.07) is 8.13. The second-order valence-electron chi connectivity index (χ2n) is 5.25. The Morgan fingerprint density at radius 1 is 1.24 bits per heavy atom. The lowest BCUT2D eigenvalue weighted by Gasteiger charge is -2.06. The zero-order valence-electron chi connectivity index (χ0n) is 12.9. The number of rotatable bonds is 4. The van der Waals surface area contributed by atoms with E-state index in [0.29, 0.717) is 11.4 Å². The lowest BCUT2D eigenvalue weighted by molar-refractivity contribution is 0.332. The first-order valence-corrected chi connectivity index (χ1v) is 8.51. The van der Waals surface area contributed by atoms with Gasteiger partial charge in [0.15, 0.2) is 12.4 Å². The van der Waals surface area contributed by atoms with E-state index in [1.54, 1.807) is 25.1 Å². The van der Waals surface area contributed by atoms with E-state index in [9.17, 15) is 17.2 Å². The largest absolute Gasteiger partial charge is 0.357 e. The first-order chi connectivity index (χ1) is 11.8. The number of aryl methyl sites for hydroxylation is 1. The van der Waals surface area contributed by atoms with E-state index in [4.69, 9.17) is 9.08 Å². The van der Waals surface area contributed by atoms with Crippen LogP contribution in [-0.4, -0.2) is 23.1 Å². The molecule has 0 saturated carbocycles. The minimum Gasteiger partial charge on any atom is -0.357 e. The Bertz CT molecular complexity index is 1050. The van der Waals surface area contributed by atoms with Crippen molar-refractivity contribution >= 4 is 10.1 Å². The summed E-state index contributed by atoms with van der Waals surface area (Å²) in [5.74, 6) is -1.31. The molecule has 0 aliphatic carbocycles. The van der Waals surface area contributed by atoms with Gasteiger partial charge in [0.2, 0.25) is 0 Å². The quantitative estimate of drug-likeness (QED) is 0.710. The van der Waals surface area contributed by atoms with Crippen molar-refractivity contribution in [2.75, 3.05) is 0 Å². The fourth-order valence-electron chi connectivity index (χ4n) is 2.43. The zero-order chi connectivity index (χ0) is 18.2. The molecule has 25 heavy (non-hydrogen) atoms. The first-order valence-electron chi connectivity index (χ1n) is 7.07. The van der Waals surface area contributed by atoms with E-state index >= 15 is 0 Å². The van der Waals surface area contributed by atoms with Crippen molar-refractivity contribution in [1.29, 1.82) is 0 Å². The first kappa shape index (κ1) is 17.2. The highest BCUT2D eigenvalue weighted by Crippen LogP contribution is 2.35. The Morgan fingerprint density at radius 2 is 2.00 bits per heavy atom. The van der Waals surface area contributed by atoms with Gasteiger partial charge < -0.3 is 4.52 Å². The molecule has 0 radical (unpaired) electrons. The van der Waals surface area contributed by atoms with Crippen LogP contribution in [0.2, 0.25) is 0 Å². The normalized spacial score (nSPS) is 11.7. The van der Waals surface area contributed by atoms with E-state index in [2.05, 4.69) is 10.1 Å². The van der Waals surface area contributed by atoms with Crippen LogP contribution in [0.15, 0.2) is 45.8 Å². The predicted molar refractivity (Wildman–Crippen MR) is 84.5 cm³/mol. The number of nitrogens with zero attached hydrogens (tertiary/aromatic N) is 2. The molecule has 2 heterocycles. The molecule has 2 aromatic heterocycles. The second-order valence-corrected chi connectivity index (χ2v) is 6.64. The van der Waals surface area contributed by atoms with Crippen LogP contribution in [-0.2, 0) is 16.8 Å². The van der Waals surface area contributed by atoms with Gasteiger partial charge in [-0.1, -0.05) is 17.3 Å². The summed E-state index contributed by atoms with van der Waals surface area (Å²) in [6.45, 7) is 0.774. The third-order valence-corrected chi connectivity index (χ3v) is 4.40. The van der Waals surface area contributed by atoms with Gasteiger partial charge in [0.1, 0.15) is 16.4 Å². The van der Waals surface area contributed by atoms with Crippen LogP contribution in [0.5, 0.6) is 0 Å². The second kappa shape index (κ2) is 6.34. The molecule has 0 fully saturated rings. The van der Waals surface area contributed by atoms with Crippen LogP contribution in [0.4, 0.5) is 8.78 Å². The maximum Gasteiger partial charge on any atom is 0.297 e. The molecule has 9 heteroatoms. The fraction of sp³-hybridized carbons (Fsp3) is 0.125. The number of aromatic nitrogens is 2. The number of halogens is 2. The van der Waals surface area contributed by atoms with Gasteiger partial charge in [-0.3, -0.25) is 9.54 Å². The van der Waals surface area contributed by atoms with E-state index in [1.807, 2.05) is 0 Å². The monoisotopic (exact) mass is 366 g/mol. The molecule has 1 N–H and O–H groups in total. The number of hydrogen-bond acceptors (Lipinski definition) is 5. The van der Waals surface area contributed by atoms with Crippen molar-refractivity contribution in [3.05, 3.63) is 53.7 Å². The van der Waals surface area contributed by atoms with Gasteiger partial charge in [-0.25, -0.2) is 8.78 Å². The van der Waals surface area contributed by atoms with Gasteiger partial charge in [-0.2, -0.15) is 8.42 Å². The zero-order valence-corrected chi connectivity index (χ0v) is 13.7. The summed E-state index contributed by atoms with van der Waals surface area (Å²) >= 11 is 0. The molecule has 0 bridgehead atoms. The minimum absolute atomic E-state index is 0.141. The van der Waals surface area contributed by atoms with Crippen LogP contribution >= 0.6 is 0 Å². The average Bonchev–Trinajstić information content (AvgIpc) is 2.97. The van der Waals surface area contributed by atoms with Crippen LogP contribution in [0.1, 0.15) is 11.5 Å². The van der Waals surface area contributed by atoms with Crippen molar-refractivity contribution in [2.45, 2.75) is 18.5 Å². The highest BCUT2D eigenvalue weighted by molar-refractivity contribution is 7.85. The summed E-state index contributed by atoms with van der Waals surface area (Å²) in [5.41, 5.74) is 1.62. The Morgan fingerprint density at radius 3 is 2.60 bits per heavy atom. The molecule has 0 unspecified atom stereocenters.